The third kappa shape index (κ3) is 4.49. The largest absolute Gasteiger partial charge is 0.396 e. The number of nitrogens with zero attached hydrogens (tertiary/aromatic N) is 1. The predicted molar refractivity (Wildman–Crippen MR) is 102 cm³/mol. The van der Waals surface area contributed by atoms with Crippen LogP contribution in [0.15, 0.2) is 60.7 Å². The van der Waals surface area contributed by atoms with Gasteiger partial charge in [-0.25, -0.2) is 0 Å². The minimum atomic E-state index is -0.646. The van der Waals surface area contributed by atoms with Gasteiger partial charge < -0.3 is 15.5 Å². The number of rotatable bonds is 6. The molecule has 26 heavy (non-hydrogen) atoms. The molecule has 0 aromatic heterocycles. The van der Waals surface area contributed by atoms with Crippen LogP contribution in [0.3, 0.4) is 0 Å². The van der Waals surface area contributed by atoms with Crippen molar-refractivity contribution in [2.75, 3.05) is 31.6 Å². The number of hydrogen-bond donors (Lipinski definition) is 3. The Hall–Kier alpha value is -2.21. The zero-order valence-corrected chi connectivity index (χ0v) is 14.8. The molecule has 1 saturated heterocycles. The first-order valence-electron chi connectivity index (χ1n) is 9.01. The fourth-order valence-corrected chi connectivity index (χ4v) is 3.69. The van der Waals surface area contributed by atoms with Gasteiger partial charge in [-0.05, 0) is 30.5 Å². The van der Waals surface area contributed by atoms with Gasteiger partial charge in [0, 0.05) is 24.2 Å². The van der Waals surface area contributed by atoms with Gasteiger partial charge in [-0.2, -0.15) is 0 Å². The van der Waals surface area contributed by atoms with Crippen molar-refractivity contribution in [3.05, 3.63) is 66.2 Å². The van der Waals surface area contributed by atoms with Crippen LogP contribution in [0.5, 0.6) is 0 Å². The minimum absolute atomic E-state index is 0.0841. The number of likely N-dealkylation sites (tertiary alicyclic amines) is 1. The van der Waals surface area contributed by atoms with Crippen molar-refractivity contribution in [1.29, 1.82) is 0 Å². The zero-order valence-electron chi connectivity index (χ0n) is 14.8. The summed E-state index contributed by atoms with van der Waals surface area (Å²) in [7, 11) is 0. The molecule has 0 spiro atoms. The van der Waals surface area contributed by atoms with Crippen LogP contribution >= 0.6 is 0 Å². The second kappa shape index (κ2) is 8.45. The molecule has 0 aliphatic carbocycles. The van der Waals surface area contributed by atoms with E-state index >= 15 is 0 Å². The van der Waals surface area contributed by atoms with Crippen LogP contribution in [-0.4, -0.2) is 53.4 Å². The van der Waals surface area contributed by atoms with Crippen LogP contribution in [0.25, 0.3) is 0 Å². The molecule has 0 bridgehead atoms. The smallest absolute Gasteiger partial charge is 0.238 e. The van der Waals surface area contributed by atoms with E-state index in [1.54, 1.807) is 0 Å². The average Bonchev–Trinajstić information content (AvgIpc) is 2.66. The summed E-state index contributed by atoms with van der Waals surface area (Å²) in [6.07, 6.45) is 0.551. The highest BCUT2D eigenvalue weighted by Gasteiger charge is 2.42. The van der Waals surface area contributed by atoms with Gasteiger partial charge in [-0.15, -0.1) is 0 Å². The first kappa shape index (κ1) is 18.6. The maximum atomic E-state index is 12.3. The fraction of sp³-hybridized carbons (Fsp3) is 0.381. The molecule has 1 heterocycles. The van der Waals surface area contributed by atoms with Gasteiger partial charge in [0.05, 0.1) is 19.3 Å². The maximum Gasteiger partial charge on any atom is 0.238 e. The molecule has 1 aliphatic rings. The Morgan fingerprint density at radius 3 is 2.42 bits per heavy atom. The lowest BCUT2D eigenvalue weighted by Gasteiger charge is -2.45. The number of amides is 1. The van der Waals surface area contributed by atoms with E-state index in [0.717, 1.165) is 11.3 Å². The summed E-state index contributed by atoms with van der Waals surface area (Å²) in [5.74, 6) is -0.0841. The number of aliphatic hydroxyl groups is 2. The Kier molecular flexibility index (Phi) is 6.04. The van der Waals surface area contributed by atoms with Crippen molar-refractivity contribution in [2.24, 2.45) is 5.41 Å². The summed E-state index contributed by atoms with van der Waals surface area (Å²) < 4.78 is 0. The van der Waals surface area contributed by atoms with E-state index in [9.17, 15) is 15.0 Å². The second-order valence-electron chi connectivity index (χ2n) is 7.11. The predicted octanol–water partition coefficient (Wildman–Crippen LogP) is 1.91. The number of hydrogen-bond acceptors (Lipinski definition) is 4. The Bertz CT molecular complexity index is 708. The van der Waals surface area contributed by atoms with Crippen LogP contribution in [-0.2, 0) is 11.2 Å². The number of para-hydroxylation sites is 1. The molecule has 2 atom stereocenters. The van der Waals surface area contributed by atoms with Crippen molar-refractivity contribution in [3.8, 4) is 0 Å². The highest BCUT2D eigenvalue weighted by molar-refractivity contribution is 5.92. The van der Waals surface area contributed by atoms with Gasteiger partial charge in [0.25, 0.3) is 0 Å². The Balaban J connectivity index is 1.65. The van der Waals surface area contributed by atoms with Crippen LogP contribution in [0.1, 0.15) is 12.0 Å². The van der Waals surface area contributed by atoms with Crippen molar-refractivity contribution in [1.82, 2.24) is 4.90 Å². The number of carbonyl (C=O) groups excluding carboxylic acids is 1. The zero-order chi connectivity index (χ0) is 18.4. The molecular weight excluding hydrogens is 328 g/mol. The Morgan fingerprint density at radius 1 is 1.12 bits per heavy atom. The van der Waals surface area contributed by atoms with Gasteiger partial charge in [0.2, 0.25) is 5.91 Å². The van der Waals surface area contributed by atoms with Gasteiger partial charge in [0.15, 0.2) is 0 Å². The Labute approximate surface area is 154 Å². The molecule has 3 N–H and O–H groups in total. The molecule has 0 radical (unpaired) electrons. The standard InChI is InChI=1S/C21H26N2O3/c24-16-21(13-17-7-3-1-4-8-17)15-23(12-11-19(21)25)14-20(26)22-18-9-5-2-6-10-18/h1-10,19,24-25H,11-16H2,(H,22,26)/t19-,21+/m0/s1. The first-order chi connectivity index (χ1) is 12.6. The summed E-state index contributed by atoms with van der Waals surface area (Å²) in [6, 6.07) is 19.2. The molecular formula is C21H26N2O3. The first-order valence-corrected chi connectivity index (χ1v) is 9.01. The number of carbonyl (C=O) groups is 1. The summed E-state index contributed by atoms with van der Waals surface area (Å²) >= 11 is 0. The van der Waals surface area contributed by atoms with Crippen LogP contribution in [0, 0.1) is 5.41 Å². The van der Waals surface area contributed by atoms with E-state index in [1.807, 2.05) is 65.6 Å². The van der Waals surface area contributed by atoms with Crippen molar-refractivity contribution in [3.63, 3.8) is 0 Å². The van der Waals surface area contributed by atoms with Gasteiger partial charge >= 0.3 is 0 Å². The molecule has 1 amide bonds. The van der Waals surface area contributed by atoms with E-state index in [4.69, 9.17) is 0 Å². The summed E-state index contributed by atoms with van der Waals surface area (Å²) in [4.78, 5) is 14.4. The number of aliphatic hydroxyl groups excluding tert-OH is 2. The topological polar surface area (TPSA) is 72.8 Å². The molecule has 0 unspecified atom stereocenters. The Morgan fingerprint density at radius 2 is 1.77 bits per heavy atom. The van der Waals surface area contributed by atoms with Crippen LogP contribution < -0.4 is 5.32 Å². The molecule has 138 valence electrons. The number of anilines is 1. The molecule has 5 nitrogen and oxygen atoms in total. The van der Waals surface area contributed by atoms with Gasteiger partial charge in [0.1, 0.15) is 0 Å². The summed E-state index contributed by atoms with van der Waals surface area (Å²) in [6.45, 7) is 1.26. The van der Waals surface area contributed by atoms with E-state index in [2.05, 4.69) is 5.32 Å². The molecule has 3 rings (SSSR count). The molecule has 2 aromatic carbocycles. The maximum absolute atomic E-state index is 12.3. The molecule has 2 aromatic rings. The van der Waals surface area contributed by atoms with Crippen LogP contribution in [0.4, 0.5) is 5.69 Å². The highest BCUT2D eigenvalue weighted by atomic mass is 16.3. The normalized spacial score (nSPS) is 23.5. The minimum Gasteiger partial charge on any atom is -0.396 e. The highest BCUT2D eigenvalue weighted by Crippen LogP contribution is 2.33. The number of piperidine rings is 1. The number of benzene rings is 2. The van der Waals surface area contributed by atoms with E-state index < -0.39 is 11.5 Å². The summed E-state index contributed by atoms with van der Waals surface area (Å²) in [5.41, 5.74) is 1.20. The third-order valence-electron chi connectivity index (χ3n) is 5.10. The van der Waals surface area contributed by atoms with Gasteiger partial charge in [-0.3, -0.25) is 9.69 Å². The second-order valence-corrected chi connectivity index (χ2v) is 7.11. The lowest BCUT2D eigenvalue weighted by Crippen LogP contribution is -2.56. The van der Waals surface area contributed by atoms with Gasteiger partial charge in [-0.1, -0.05) is 48.5 Å². The summed E-state index contributed by atoms with van der Waals surface area (Å²) in [5, 5.41) is 23.5. The SMILES string of the molecule is O=C(CN1CC[C@H](O)[C@](CO)(Cc2ccccc2)C1)Nc1ccccc1. The lowest BCUT2D eigenvalue weighted by atomic mass is 9.73. The average molecular weight is 354 g/mol. The lowest BCUT2D eigenvalue weighted by molar-refractivity contribution is -0.121. The monoisotopic (exact) mass is 354 g/mol. The van der Waals surface area contributed by atoms with E-state index in [0.29, 0.717) is 25.9 Å². The van der Waals surface area contributed by atoms with Crippen molar-refractivity contribution >= 4 is 11.6 Å². The van der Waals surface area contributed by atoms with Crippen molar-refractivity contribution < 1.29 is 15.0 Å². The number of nitrogens with one attached hydrogen (secondary N) is 1. The molecule has 5 heteroatoms. The van der Waals surface area contributed by atoms with E-state index in [-0.39, 0.29) is 19.1 Å². The van der Waals surface area contributed by atoms with Crippen LogP contribution in [0.2, 0.25) is 0 Å². The van der Waals surface area contributed by atoms with Crippen molar-refractivity contribution in [2.45, 2.75) is 18.9 Å². The third-order valence-corrected chi connectivity index (χ3v) is 5.10. The molecule has 1 aliphatic heterocycles. The molecule has 0 saturated carbocycles. The van der Waals surface area contributed by atoms with E-state index in [1.165, 1.54) is 0 Å². The molecule has 1 fully saturated rings. The fourth-order valence-electron chi connectivity index (χ4n) is 3.69. The quantitative estimate of drug-likeness (QED) is 0.741.